The minimum atomic E-state index is -0.700. The minimum Gasteiger partial charge on any atom is -0.316 e. The van der Waals surface area contributed by atoms with Crippen molar-refractivity contribution < 1.29 is 14.1 Å². The number of anilines is 1. The third-order valence-electron chi connectivity index (χ3n) is 2.39. The molecule has 1 heterocycles. The number of aromatic nitrogens is 1. The maximum absolute atomic E-state index is 13.1. The van der Waals surface area contributed by atoms with Crippen molar-refractivity contribution in [3.05, 3.63) is 62.6 Å². The fraction of sp³-hybridized carbons (Fsp3) is 0. The van der Waals surface area contributed by atoms with Crippen LogP contribution in [0.2, 0.25) is 0 Å². The lowest BCUT2D eigenvalue weighted by atomic mass is 10.2. The average molecular weight is 340 g/mol. The van der Waals surface area contributed by atoms with Crippen molar-refractivity contribution in [1.29, 1.82) is 0 Å². The van der Waals surface area contributed by atoms with Crippen LogP contribution in [0.5, 0.6) is 0 Å². The van der Waals surface area contributed by atoms with Gasteiger partial charge >= 0.3 is 0 Å². The number of carbonyl (C=O) groups is 1. The Morgan fingerprint density at radius 2 is 2.10 bits per heavy atom. The van der Waals surface area contributed by atoms with Crippen LogP contribution in [-0.2, 0) is 0 Å². The molecule has 102 valence electrons. The molecule has 0 saturated carbocycles. The zero-order valence-electron chi connectivity index (χ0n) is 9.84. The van der Waals surface area contributed by atoms with Gasteiger partial charge in [0.25, 0.3) is 11.6 Å². The molecule has 1 amide bonds. The van der Waals surface area contributed by atoms with Crippen LogP contribution >= 0.6 is 15.9 Å². The smallest absolute Gasteiger partial charge is 0.292 e. The number of carbonyl (C=O) groups excluding carboxylic acids is 1. The largest absolute Gasteiger partial charge is 0.316 e. The van der Waals surface area contributed by atoms with Gasteiger partial charge in [0.1, 0.15) is 16.1 Å². The van der Waals surface area contributed by atoms with Crippen molar-refractivity contribution in [2.75, 3.05) is 5.32 Å². The van der Waals surface area contributed by atoms with Gasteiger partial charge in [0.2, 0.25) is 0 Å². The third-order valence-corrected chi connectivity index (χ3v) is 2.86. The fourth-order valence-corrected chi connectivity index (χ4v) is 1.71. The van der Waals surface area contributed by atoms with E-state index in [1.165, 1.54) is 12.3 Å². The molecule has 1 aromatic heterocycles. The fourth-order valence-electron chi connectivity index (χ4n) is 1.47. The minimum absolute atomic E-state index is 0.201. The molecule has 0 bridgehead atoms. The Hall–Kier alpha value is -2.35. The summed E-state index contributed by atoms with van der Waals surface area (Å²) in [5.74, 6) is -1.29. The van der Waals surface area contributed by atoms with Gasteiger partial charge in [0.15, 0.2) is 0 Å². The molecular formula is C12H7BrFN3O3. The van der Waals surface area contributed by atoms with Gasteiger partial charge in [0.05, 0.1) is 10.5 Å². The van der Waals surface area contributed by atoms with Gasteiger partial charge in [-0.25, -0.2) is 9.37 Å². The van der Waals surface area contributed by atoms with Gasteiger partial charge in [-0.2, -0.15) is 0 Å². The molecule has 0 spiro atoms. The molecule has 1 N–H and O–H groups in total. The molecule has 0 unspecified atom stereocenters. The molecule has 0 radical (unpaired) electrons. The average Bonchev–Trinajstić information content (AvgIpc) is 2.39. The van der Waals surface area contributed by atoms with E-state index in [0.29, 0.717) is 4.60 Å². The number of hydrogen-bond acceptors (Lipinski definition) is 4. The van der Waals surface area contributed by atoms with Gasteiger partial charge < -0.3 is 5.32 Å². The van der Waals surface area contributed by atoms with Crippen LogP contribution < -0.4 is 5.32 Å². The van der Waals surface area contributed by atoms with Crippen molar-refractivity contribution in [1.82, 2.24) is 4.98 Å². The van der Waals surface area contributed by atoms with Crippen LogP contribution in [0.3, 0.4) is 0 Å². The highest BCUT2D eigenvalue weighted by Gasteiger charge is 2.17. The van der Waals surface area contributed by atoms with E-state index in [2.05, 4.69) is 26.2 Å². The summed E-state index contributed by atoms with van der Waals surface area (Å²) in [6.45, 7) is 0. The van der Waals surface area contributed by atoms with E-state index in [4.69, 9.17) is 0 Å². The number of hydrogen-bond donors (Lipinski definition) is 1. The zero-order chi connectivity index (χ0) is 14.7. The summed E-state index contributed by atoms with van der Waals surface area (Å²) in [7, 11) is 0. The first kappa shape index (κ1) is 14.1. The van der Waals surface area contributed by atoms with E-state index in [9.17, 15) is 19.3 Å². The Kier molecular flexibility index (Phi) is 4.04. The summed E-state index contributed by atoms with van der Waals surface area (Å²) in [6, 6.07) is 5.87. The monoisotopic (exact) mass is 339 g/mol. The second-order valence-corrected chi connectivity index (χ2v) is 4.55. The Morgan fingerprint density at radius 3 is 2.70 bits per heavy atom. The summed E-state index contributed by atoms with van der Waals surface area (Å²) >= 11 is 3.12. The first-order chi connectivity index (χ1) is 9.47. The number of nitro groups is 1. The van der Waals surface area contributed by atoms with Crippen molar-refractivity contribution in [2.45, 2.75) is 0 Å². The second-order valence-electron chi connectivity index (χ2n) is 3.74. The van der Waals surface area contributed by atoms with Crippen LogP contribution in [0.25, 0.3) is 0 Å². The van der Waals surface area contributed by atoms with Crippen molar-refractivity contribution in [2.24, 2.45) is 0 Å². The summed E-state index contributed by atoms with van der Waals surface area (Å²) in [6.07, 6.45) is 1.30. The number of benzene rings is 1. The first-order valence-electron chi connectivity index (χ1n) is 5.34. The van der Waals surface area contributed by atoms with E-state index in [-0.39, 0.29) is 16.9 Å². The molecule has 1 aromatic carbocycles. The van der Waals surface area contributed by atoms with Gasteiger partial charge in [-0.05, 0) is 34.1 Å². The van der Waals surface area contributed by atoms with Gasteiger partial charge in [-0.15, -0.1) is 0 Å². The molecule has 0 saturated heterocycles. The van der Waals surface area contributed by atoms with Crippen LogP contribution in [-0.4, -0.2) is 15.8 Å². The molecule has 0 fully saturated rings. The van der Waals surface area contributed by atoms with Crippen molar-refractivity contribution in [3.8, 4) is 0 Å². The lowest BCUT2D eigenvalue weighted by Gasteiger charge is -2.06. The SMILES string of the molecule is O=C(Nc1cc(F)ccc1[N+](=O)[O-])c1ccc(Br)nc1. The number of halogens is 2. The molecule has 2 rings (SSSR count). The Bertz CT molecular complexity index is 676. The van der Waals surface area contributed by atoms with E-state index >= 15 is 0 Å². The molecule has 0 atom stereocenters. The zero-order valence-corrected chi connectivity index (χ0v) is 11.4. The first-order valence-corrected chi connectivity index (χ1v) is 6.13. The van der Waals surface area contributed by atoms with Crippen LogP contribution in [0.1, 0.15) is 10.4 Å². The summed E-state index contributed by atoms with van der Waals surface area (Å²) in [4.78, 5) is 25.9. The summed E-state index contributed by atoms with van der Waals surface area (Å²) < 4.78 is 13.7. The summed E-state index contributed by atoms with van der Waals surface area (Å²) in [5.41, 5.74) is -0.389. The quantitative estimate of drug-likeness (QED) is 0.528. The van der Waals surface area contributed by atoms with Gasteiger partial charge in [-0.1, -0.05) is 0 Å². The Morgan fingerprint density at radius 1 is 1.35 bits per heavy atom. The van der Waals surface area contributed by atoms with E-state index in [1.54, 1.807) is 6.07 Å². The molecule has 6 nitrogen and oxygen atoms in total. The molecule has 0 aliphatic rings. The van der Waals surface area contributed by atoms with Crippen molar-refractivity contribution in [3.63, 3.8) is 0 Å². The molecule has 0 aliphatic heterocycles. The maximum Gasteiger partial charge on any atom is 0.292 e. The predicted molar refractivity (Wildman–Crippen MR) is 72.9 cm³/mol. The van der Waals surface area contributed by atoms with Crippen LogP contribution in [0.15, 0.2) is 41.1 Å². The summed E-state index contributed by atoms with van der Waals surface area (Å²) in [5, 5.41) is 13.1. The lowest BCUT2D eigenvalue weighted by Crippen LogP contribution is -2.13. The number of nitro benzene ring substituents is 1. The molecule has 0 aliphatic carbocycles. The third kappa shape index (κ3) is 3.15. The Labute approximate surface area is 120 Å². The topological polar surface area (TPSA) is 85.1 Å². The van der Waals surface area contributed by atoms with Gasteiger partial charge in [0, 0.05) is 18.3 Å². The molecule has 8 heteroatoms. The normalized spacial score (nSPS) is 10.1. The number of pyridine rings is 1. The van der Waals surface area contributed by atoms with Crippen LogP contribution in [0, 0.1) is 15.9 Å². The molecule has 2 aromatic rings. The Balaban J connectivity index is 2.29. The second kappa shape index (κ2) is 5.74. The van der Waals surface area contributed by atoms with Crippen LogP contribution in [0.4, 0.5) is 15.8 Å². The van der Waals surface area contributed by atoms with Gasteiger partial charge in [-0.3, -0.25) is 14.9 Å². The lowest BCUT2D eigenvalue weighted by molar-refractivity contribution is -0.384. The van der Waals surface area contributed by atoms with E-state index < -0.39 is 16.6 Å². The molecule has 20 heavy (non-hydrogen) atoms. The highest BCUT2D eigenvalue weighted by molar-refractivity contribution is 9.10. The maximum atomic E-state index is 13.1. The number of nitrogens with one attached hydrogen (secondary N) is 1. The van der Waals surface area contributed by atoms with E-state index in [1.807, 2.05) is 0 Å². The van der Waals surface area contributed by atoms with E-state index in [0.717, 1.165) is 18.2 Å². The number of nitrogens with zero attached hydrogens (tertiary/aromatic N) is 2. The highest BCUT2D eigenvalue weighted by atomic mass is 79.9. The standard InChI is InChI=1S/C12H7BrFN3O3/c13-11-4-1-7(6-15-11)12(18)16-9-5-8(14)2-3-10(9)17(19)20/h1-6H,(H,16,18). The van der Waals surface area contributed by atoms with Crippen molar-refractivity contribution >= 4 is 33.2 Å². The number of amides is 1. The predicted octanol–water partition coefficient (Wildman–Crippen LogP) is 3.14. The number of rotatable bonds is 3. The molecular weight excluding hydrogens is 333 g/mol. The highest BCUT2D eigenvalue weighted by Crippen LogP contribution is 2.25.